The number of amides is 1. The van der Waals surface area contributed by atoms with Crippen LogP contribution in [-0.4, -0.2) is 36.9 Å². The van der Waals surface area contributed by atoms with Gasteiger partial charge in [-0.25, -0.2) is 4.79 Å². The molecule has 0 aliphatic heterocycles. The first-order valence-electron chi connectivity index (χ1n) is 4.68. The van der Waals surface area contributed by atoms with Gasteiger partial charge in [0.1, 0.15) is 0 Å². The maximum atomic E-state index is 11.8. The fraction of sp³-hybridized carbons (Fsp3) is 0.778. The summed E-state index contributed by atoms with van der Waals surface area (Å²) in [5, 5.41) is 8.51. The molecule has 1 atom stereocenters. The van der Waals surface area contributed by atoms with Gasteiger partial charge < -0.3 is 9.64 Å². The van der Waals surface area contributed by atoms with Gasteiger partial charge in [-0.15, -0.1) is 0 Å². The predicted molar refractivity (Wildman–Crippen MR) is 49.4 cm³/mol. The highest BCUT2D eigenvalue weighted by molar-refractivity contribution is 5.67. The van der Waals surface area contributed by atoms with E-state index in [0.29, 0.717) is 0 Å². The third-order valence-electron chi connectivity index (χ3n) is 1.71. The Bertz CT molecular complexity index is 273. The van der Waals surface area contributed by atoms with Gasteiger partial charge in [0.2, 0.25) is 0 Å². The number of alkyl halides is 3. The van der Waals surface area contributed by atoms with Crippen LogP contribution >= 0.6 is 0 Å². The van der Waals surface area contributed by atoms with Gasteiger partial charge in [0, 0.05) is 13.1 Å². The van der Waals surface area contributed by atoms with Crippen LogP contribution in [0, 0.1) is 17.2 Å². The molecule has 0 rings (SSSR count). The van der Waals surface area contributed by atoms with Crippen LogP contribution in [0.15, 0.2) is 0 Å². The van der Waals surface area contributed by atoms with Crippen LogP contribution in [0.1, 0.15) is 13.8 Å². The first-order valence-corrected chi connectivity index (χ1v) is 4.68. The molecule has 0 aromatic heterocycles. The first kappa shape index (κ1) is 14.6. The zero-order valence-electron chi connectivity index (χ0n) is 9.04. The fourth-order valence-electron chi connectivity index (χ4n) is 0.939. The average molecular weight is 238 g/mol. The summed E-state index contributed by atoms with van der Waals surface area (Å²) in [6.07, 6.45) is -5.59. The van der Waals surface area contributed by atoms with Gasteiger partial charge in [-0.2, -0.15) is 18.4 Å². The van der Waals surface area contributed by atoms with Gasteiger partial charge in [0.05, 0.1) is 12.0 Å². The standard InChI is InChI=1S/C9H13F3N2O2/c1-3-14(5-7(2)4-13)8(15)16-6-9(10,11)12/h7H,3,5-6H2,1-2H3. The predicted octanol–water partition coefficient (Wildman–Crippen LogP) is 2.17. The van der Waals surface area contributed by atoms with E-state index in [1.807, 2.05) is 6.07 Å². The molecule has 0 aliphatic carbocycles. The van der Waals surface area contributed by atoms with Crippen LogP contribution in [0.25, 0.3) is 0 Å². The summed E-state index contributed by atoms with van der Waals surface area (Å²) in [6, 6.07) is 1.89. The van der Waals surface area contributed by atoms with E-state index < -0.39 is 24.8 Å². The third kappa shape index (κ3) is 6.11. The first-order chi connectivity index (χ1) is 7.30. The molecule has 0 aromatic rings. The Morgan fingerprint density at radius 3 is 2.50 bits per heavy atom. The minimum absolute atomic E-state index is 0.0592. The molecule has 0 N–H and O–H groups in total. The smallest absolute Gasteiger partial charge is 0.422 e. The van der Waals surface area contributed by atoms with Crippen molar-refractivity contribution in [2.24, 2.45) is 5.92 Å². The Morgan fingerprint density at radius 1 is 1.56 bits per heavy atom. The summed E-state index contributed by atoms with van der Waals surface area (Å²) >= 11 is 0. The maximum absolute atomic E-state index is 11.8. The quantitative estimate of drug-likeness (QED) is 0.754. The molecule has 0 saturated heterocycles. The van der Waals surface area contributed by atoms with E-state index in [4.69, 9.17) is 5.26 Å². The summed E-state index contributed by atoms with van der Waals surface area (Å²) in [5.74, 6) is -0.446. The van der Waals surface area contributed by atoms with Crippen LogP contribution < -0.4 is 0 Å². The van der Waals surface area contributed by atoms with Crippen molar-refractivity contribution in [2.75, 3.05) is 19.7 Å². The molecule has 92 valence electrons. The highest BCUT2D eigenvalue weighted by Gasteiger charge is 2.30. The Morgan fingerprint density at radius 2 is 2.12 bits per heavy atom. The number of hydrogen-bond acceptors (Lipinski definition) is 3. The minimum Gasteiger partial charge on any atom is -0.440 e. The van der Waals surface area contributed by atoms with Crippen LogP contribution in [-0.2, 0) is 4.74 Å². The number of hydrogen-bond donors (Lipinski definition) is 0. The summed E-state index contributed by atoms with van der Waals surface area (Å²) in [4.78, 5) is 12.2. The summed E-state index contributed by atoms with van der Waals surface area (Å²) in [5.41, 5.74) is 0. The van der Waals surface area contributed by atoms with E-state index >= 15 is 0 Å². The monoisotopic (exact) mass is 238 g/mol. The second-order valence-corrected chi connectivity index (χ2v) is 3.24. The largest absolute Gasteiger partial charge is 0.440 e. The molecule has 0 aromatic carbocycles. The van der Waals surface area contributed by atoms with E-state index in [-0.39, 0.29) is 13.1 Å². The molecule has 0 bridgehead atoms. The molecule has 16 heavy (non-hydrogen) atoms. The van der Waals surface area contributed by atoms with E-state index in [1.54, 1.807) is 13.8 Å². The molecule has 0 spiro atoms. The van der Waals surface area contributed by atoms with Crippen LogP contribution in [0.3, 0.4) is 0 Å². The second kappa shape index (κ2) is 6.20. The van der Waals surface area contributed by atoms with E-state index in [1.165, 1.54) is 0 Å². The molecule has 0 fully saturated rings. The number of nitrogens with zero attached hydrogens (tertiary/aromatic N) is 2. The molecule has 0 radical (unpaired) electrons. The lowest BCUT2D eigenvalue weighted by molar-refractivity contribution is -0.162. The van der Waals surface area contributed by atoms with Crippen LogP contribution in [0.4, 0.5) is 18.0 Å². The van der Waals surface area contributed by atoms with Gasteiger partial charge in [0.15, 0.2) is 6.61 Å². The molecule has 1 unspecified atom stereocenters. The number of carbonyl (C=O) groups excluding carboxylic acids is 1. The number of carbonyl (C=O) groups is 1. The molecule has 0 heterocycles. The van der Waals surface area contributed by atoms with Crippen molar-refractivity contribution in [3.8, 4) is 6.07 Å². The van der Waals surface area contributed by atoms with Gasteiger partial charge in [0.25, 0.3) is 0 Å². The van der Waals surface area contributed by atoms with Crippen molar-refractivity contribution in [2.45, 2.75) is 20.0 Å². The molecule has 4 nitrogen and oxygen atoms in total. The Balaban J connectivity index is 4.17. The number of nitriles is 1. The van der Waals surface area contributed by atoms with Crippen molar-refractivity contribution in [3.05, 3.63) is 0 Å². The molecule has 1 amide bonds. The Hall–Kier alpha value is -1.45. The van der Waals surface area contributed by atoms with Gasteiger partial charge in [-0.3, -0.25) is 0 Å². The lowest BCUT2D eigenvalue weighted by atomic mass is 10.2. The normalized spacial score (nSPS) is 12.8. The molecule has 7 heteroatoms. The topological polar surface area (TPSA) is 53.3 Å². The summed E-state index contributed by atoms with van der Waals surface area (Å²) in [6.45, 7) is 1.81. The molecule has 0 saturated carbocycles. The summed E-state index contributed by atoms with van der Waals surface area (Å²) < 4.78 is 39.3. The van der Waals surface area contributed by atoms with Crippen molar-refractivity contribution in [1.82, 2.24) is 4.90 Å². The highest BCUT2D eigenvalue weighted by atomic mass is 19.4. The average Bonchev–Trinajstić information content (AvgIpc) is 2.21. The number of ether oxygens (including phenoxy) is 1. The van der Waals surface area contributed by atoms with Gasteiger partial charge >= 0.3 is 12.3 Å². The molecule has 0 aliphatic rings. The maximum Gasteiger partial charge on any atom is 0.422 e. The van der Waals surface area contributed by atoms with Crippen molar-refractivity contribution < 1.29 is 22.7 Å². The van der Waals surface area contributed by atoms with Gasteiger partial charge in [-0.1, -0.05) is 0 Å². The highest BCUT2D eigenvalue weighted by Crippen LogP contribution is 2.15. The lowest BCUT2D eigenvalue weighted by Gasteiger charge is -2.21. The zero-order valence-corrected chi connectivity index (χ0v) is 9.04. The number of halogens is 3. The van der Waals surface area contributed by atoms with Gasteiger partial charge in [-0.05, 0) is 13.8 Å². The molecular weight excluding hydrogens is 225 g/mol. The van der Waals surface area contributed by atoms with E-state index in [9.17, 15) is 18.0 Å². The van der Waals surface area contributed by atoms with E-state index in [0.717, 1.165) is 4.90 Å². The van der Waals surface area contributed by atoms with Crippen LogP contribution in [0.5, 0.6) is 0 Å². The Labute approximate surface area is 91.6 Å². The molecular formula is C9H13F3N2O2. The fourth-order valence-corrected chi connectivity index (χ4v) is 0.939. The summed E-state index contributed by atoms with van der Waals surface area (Å²) in [7, 11) is 0. The van der Waals surface area contributed by atoms with Crippen LogP contribution in [0.2, 0.25) is 0 Å². The number of rotatable bonds is 4. The third-order valence-corrected chi connectivity index (χ3v) is 1.71. The van der Waals surface area contributed by atoms with Crippen molar-refractivity contribution in [1.29, 1.82) is 5.26 Å². The van der Waals surface area contributed by atoms with Crippen molar-refractivity contribution >= 4 is 6.09 Å². The minimum atomic E-state index is -4.53. The SMILES string of the molecule is CCN(CC(C)C#N)C(=O)OCC(F)(F)F. The van der Waals surface area contributed by atoms with Crippen molar-refractivity contribution in [3.63, 3.8) is 0 Å². The zero-order chi connectivity index (χ0) is 12.8. The second-order valence-electron chi connectivity index (χ2n) is 3.24. The van der Waals surface area contributed by atoms with E-state index in [2.05, 4.69) is 4.74 Å². The lowest BCUT2D eigenvalue weighted by Crippen LogP contribution is -2.36. The Kier molecular flexibility index (Phi) is 5.64.